The SMILES string of the molecule is C=CCC(=O)NC1(CO)COC(C)(C)OC1. The largest absolute Gasteiger partial charge is 0.394 e. The van der Waals surface area contributed by atoms with E-state index in [1.54, 1.807) is 13.8 Å². The minimum Gasteiger partial charge on any atom is -0.394 e. The molecule has 1 amide bonds. The number of aliphatic hydroxyl groups is 1. The van der Waals surface area contributed by atoms with E-state index < -0.39 is 11.3 Å². The summed E-state index contributed by atoms with van der Waals surface area (Å²) in [5.41, 5.74) is -0.838. The van der Waals surface area contributed by atoms with E-state index in [2.05, 4.69) is 11.9 Å². The van der Waals surface area contributed by atoms with Crippen LogP contribution in [0.3, 0.4) is 0 Å². The first kappa shape index (κ1) is 13.2. The van der Waals surface area contributed by atoms with E-state index >= 15 is 0 Å². The molecule has 1 saturated heterocycles. The zero-order valence-corrected chi connectivity index (χ0v) is 9.78. The van der Waals surface area contributed by atoms with E-state index in [4.69, 9.17) is 9.47 Å². The van der Waals surface area contributed by atoms with E-state index in [9.17, 15) is 9.90 Å². The van der Waals surface area contributed by atoms with Gasteiger partial charge in [0.1, 0.15) is 5.54 Å². The van der Waals surface area contributed by atoms with Crippen LogP contribution < -0.4 is 5.32 Å². The highest BCUT2D eigenvalue weighted by Crippen LogP contribution is 2.23. The monoisotopic (exact) mass is 229 g/mol. The van der Waals surface area contributed by atoms with Crippen LogP contribution >= 0.6 is 0 Å². The second-order valence-electron chi connectivity index (χ2n) is 4.46. The molecular weight excluding hydrogens is 210 g/mol. The average Bonchev–Trinajstić information content (AvgIpc) is 2.22. The first-order chi connectivity index (χ1) is 7.43. The van der Waals surface area contributed by atoms with E-state index in [0.717, 1.165) is 0 Å². The van der Waals surface area contributed by atoms with Gasteiger partial charge in [-0.15, -0.1) is 6.58 Å². The van der Waals surface area contributed by atoms with Crippen molar-refractivity contribution in [3.8, 4) is 0 Å². The normalized spacial score (nSPS) is 22.4. The number of rotatable bonds is 4. The first-order valence-corrected chi connectivity index (χ1v) is 5.24. The highest BCUT2D eigenvalue weighted by atomic mass is 16.7. The molecule has 0 aromatic carbocycles. The van der Waals surface area contributed by atoms with Crippen molar-refractivity contribution in [2.24, 2.45) is 0 Å². The van der Waals surface area contributed by atoms with Gasteiger partial charge in [0.05, 0.1) is 19.8 Å². The summed E-state index contributed by atoms with van der Waals surface area (Å²) in [5, 5.41) is 12.0. The van der Waals surface area contributed by atoms with Gasteiger partial charge in [0.25, 0.3) is 0 Å². The van der Waals surface area contributed by atoms with Crippen LogP contribution in [0.5, 0.6) is 0 Å². The van der Waals surface area contributed by atoms with Crippen LogP contribution in [0.4, 0.5) is 0 Å². The number of hydrogen-bond acceptors (Lipinski definition) is 4. The van der Waals surface area contributed by atoms with E-state index in [1.807, 2.05) is 0 Å². The van der Waals surface area contributed by atoms with Gasteiger partial charge in [0.15, 0.2) is 5.79 Å². The second kappa shape index (κ2) is 4.95. The Morgan fingerprint density at radius 1 is 1.50 bits per heavy atom. The van der Waals surface area contributed by atoms with Gasteiger partial charge < -0.3 is 19.9 Å². The van der Waals surface area contributed by atoms with Gasteiger partial charge in [-0.05, 0) is 13.8 Å². The van der Waals surface area contributed by atoms with E-state index in [1.165, 1.54) is 6.08 Å². The summed E-state index contributed by atoms with van der Waals surface area (Å²) >= 11 is 0. The summed E-state index contributed by atoms with van der Waals surface area (Å²) in [6, 6.07) is 0. The maximum atomic E-state index is 11.4. The standard InChI is InChI=1S/C11H19NO4/c1-4-5-9(14)12-11(6-13)7-15-10(2,3)16-8-11/h4,13H,1,5-8H2,2-3H3,(H,12,14). The third-order valence-corrected chi connectivity index (χ3v) is 2.43. The van der Waals surface area contributed by atoms with Gasteiger partial charge in [0.2, 0.25) is 5.91 Å². The Balaban J connectivity index is 2.59. The summed E-state index contributed by atoms with van der Waals surface area (Å²) < 4.78 is 10.9. The van der Waals surface area contributed by atoms with Gasteiger partial charge >= 0.3 is 0 Å². The molecule has 0 spiro atoms. The van der Waals surface area contributed by atoms with Crippen molar-refractivity contribution in [2.45, 2.75) is 31.6 Å². The van der Waals surface area contributed by atoms with Crippen molar-refractivity contribution in [3.05, 3.63) is 12.7 Å². The quantitative estimate of drug-likeness (QED) is 0.675. The number of amides is 1. The van der Waals surface area contributed by atoms with Crippen LogP contribution in [-0.4, -0.2) is 42.2 Å². The van der Waals surface area contributed by atoms with Crippen molar-refractivity contribution in [2.75, 3.05) is 19.8 Å². The molecule has 1 heterocycles. The number of hydrogen-bond donors (Lipinski definition) is 2. The van der Waals surface area contributed by atoms with Crippen molar-refractivity contribution in [3.63, 3.8) is 0 Å². The molecule has 0 saturated carbocycles. The zero-order valence-electron chi connectivity index (χ0n) is 9.78. The lowest BCUT2D eigenvalue weighted by atomic mass is 10.0. The minimum atomic E-state index is -0.838. The summed E-state index contributed by atoms with van der Waals surface area (Å²) in [5.74, 6) is -0.863. The van der Waals surface area contributed by atoms with Crippen molar-refractivity contribution >= 4 is 5.91 Å². The predicted molar refractivity (Wildman–Crippen MR) is 58.8 cm³/mol. The number of ether oxygens (including phenoxy) is 2. The molecule has 1 aliphatic rings. The molecule has 1 aliphatic heterocycles. The summed E-state index contributed by atoms with van der Waals surface area (Å²) in [4.78, 5) is 11.4. The summed E-state index contributed by atoms with van der Waals surface area (Å²) in [6.07, 6.45) is 1.72. The number of carbonyl (C=O) groups excluding carboxylic acids is 1. The highest BCUT2D eigenvalue weighted by Gasteiger charge is 2.40. The Morgan fingerprint density at radius 2 is 2.06 bits per heavy atom. The first-order valence-electron chi connectivity index (χ1n) is 5.24. The maximum absolute atomic E-state index is 11.4. The number of aliphatic hydroxyl groups excluding tert-OH is 1. The van der Waals surface area contributed by atoms with Crippen LogP contribution in [0.25, 0.3) is 0 Å². The molecule has 1 rings (SSSR count). The Labute approximate surface area is 95.4 Å². The molecule has 92 valence electrons. The topological polar surface area (TPSA) is 67.8 Å². The molecule has 16 heavy (non-hydrogen) atoms. The van der Waals surface area contributed by atoms with E-state index in [-0.39, 0.29) is 32.1 Å². The molecular formula is C11H19NO4. The molecule has 0 radical (unpaired) electrons. The van der Waals surface area contributed by atoms with Crippen LogP contribution in [0.1, 0.15) is 20.3 Å². The highest BCUT2D eigenvalue weighted by molar-refractivity contribution is 5.78. The van der Waals surface area contributed by atoms with Crippen LogP contribution in [0.15, 0.2) is 12.7 Å². The predicted octanol–water partition coefficient (Wildman–Crippen LogP) is 0.193. The van der Waals surface area contributed by atoms with Crippen molar-refractivity contribution in [1.29, 1.82) is 0 Å². The van der Waals surface area contributed by atoms with Gasteiger partial charge in [-0.2, -0.15) is 0 Å². The zero-order chi connectivity index (χ0) is 12.2. The molecule has 1 fully saturated rings. The third-order valence-electron chi connectivity index (χ3n) is 2.43. The van der Waals surface area contributed by atoms with Crippen molar-refractivity contribution in [1.82, 2.24) is 5.32 Å². The Hall–Kier alpha value is -0.910. The van der Waals surface area contributed by atoms with Crippen LogP contribution in [0, 0.1) is 0 Å². The van der Waals surface area contributed by atoms with Gasteiger partial charge in [-0.1, -0.05) is 6.08 Å². The molecule has 5 nitrogen and oxygen atoms in total. The van der Waals surface area contributed by atoms with Crippen LogP contribution in [-0.2, 0) is 14.3 Å². The molecule has 0 aromatic rings. The van der Waals surface area contributed by atoms with Gasteiger partial charge in [-0.25, -0.2) is 0 Å². The van der Waals surface area contributed by atoms with E-state index in [0.29, 0.717) is 0 Å². The fourth-order valence-corrected chi connectivity index (χ4v) is 1.39. The fraction of sp³-hybridized carbons (Fsp3) is 0.727. The van der Waals surface area contributed by atoms with Gasteiger partial charge in [0, 0.05) is 6.42 Å². The molecule has 0 aromatic heterocycles. The number of carbonyl (C=O) groups is 1. The smallest absolute Gasteiger partial charge is 0.224 e. The third kappa shape index (κ3) is 3.30. The second-order valence-corrected chi connectivity index (χ2v) is 4.46. The lowest BCUT2D eigenvalue weighted by Gasteiger charge is -2.42. The van der Waals surface area contributed by atoms with Crippen molar-refractivity contribution < 1.29 is 19.4 Å². The van der Waals surface area contributed by atoms with Crippen LogP contribution in [0.2, 0.25) is 0 Å². The maximum Gasteiger partial charge on any atom is 0.224 e. The molecule has 5 heteroatoms. The molecule has 0 aliphatic carbocycles. The summed E-state index contributed by atoms with van der Waals surface area (Å²) in [7, 11) is 0. The fourth-order valence-electron chi connectivity index (χ4n) is 1.39. The lowest BCUT2D eigenvalue weighted by Crippen LogP contribution is -2.63. The molecule has 0 atom stereocenters. The lowest BCUT2D eigenvalue weighted by molar-refractivity contribution is -0.274. The Kier molecular flexibility index (Phi) is 4.07. The molecule has 2 N–H and O–H groups in total. The molecule has 0 bridgehead atoms. The Morgan fingerprint density at radius 3 is 2.50 bits per heavy atom. The average molecular weight is 229 g/mol. The number of nitrogens with one attached hydrogen (secondary N) is 1. The van der Waals surface area contributed by atoms with Gasteiger partial charge in [-0.3, -0.25) is 4.79 Å². The summed E-state index contributed by atoms with van der Waals surface area (Å²) in [6.45, 7) is 7.32. The minimum absolute atomic E-state index is 0.198. The molecule has 0 unspecified atom stereocenters. The Bertz CT molecular complexity index is 265.